The van der Waals surface area contributed by atoms with Crippen LogP contribution in [-0.4, -0.2) is 34.8 Å². The zero-order valence-corrected chi connectivity index (χ0v) is 24.0. The molecule has 1 heterocycles. The quantitative estimate of drug-likeness (QED) is 0.0885. The molecule has 0 amide bonds. The molecular weight excluding hydrogens is 548 g/mol. The summed E-state index contributed by atoms with van der Waals surface area (Å²) in [4.78, 5) is 33.0. The van der Waals surface area contributed by atoms with Gasteiger partial charge in [0.15, 0.2) is 0 Å². The highest BCUT2D eigenvalue weighted by Gasteiger charge is 2.66. The van der Waals surface area contributed by atoms with E-state index in [9.17, 15) is 22.8 Å². The average molecular weight is 583 g/mol. The molecule has 4 rings (SSSR count). The molecule has 0 saturated heterocycles. The van der Waals surface area contributed by atoms with Crippen LogP contribution >= 0.6 is 0 Å². The second-order valence-electron chi connectivity index (χ2n) is 11.1. The molecule has 2 aromatic carbocycles. The van der Waals surface area contributed by atoms with Crippen molar-refractivity contribution in [1.82, 2.24) is 9.97 Å². The third-order valence-corrected chi connectivity index (χ3v) is 7.70. The maximum Gasteiger partial charge on any atom is 0.401 e. The lowest BCUT2D eigenvalue weighted by atomic mass is 9.98. The van der Waals surface area contributed by atoms with E-state index in [0.29, 0.717) is 23.2 Å². The second-order valence-corrected chi connectivity index (χ2v) is 11.1. The smallest absolute Gasteiger partial charge is 0.401 e. The van der Waals surface area contributed by atoms with E-state index < -0.39 is 17.4 Å². The van der Waals surface area contributed by atoms with Gasteiger partial charge in [0.2, 0.25) is 0 Å². The van der Waals surface area contributed by atoms with E-state index in [1.807, 2.05) is 19.1 Å². The van der Waals surface area contributed by atoms with Gasteiger partial charge in [-0.3, -0.25) is 9.78 Å². The van der Waals surface area contributed by atoms with Crippen LogP contribution in [0.5, 0.6) is 0 Å². The normalized spacial score (nSPS) is 14.6. The number of carbonyl (C=O) groups is 2. The third kappa shape index (κ3) is 7.12. The zero-order chi connectivity index (χ0) is 30.7. The van der Waals surface area contributed by atoms with Crippen LogP contribution in [0.4, 0.5) is 17.6 Å². The van der Waals surface area contributed by atoms with E-state index in [-0.39, 0.29) is 54.1 Å². The lowest BCUT2D eigenvalue weighted by Crippen LogP contribution is -2.27. The van der Waals surface area contributed by atoms with Crippen molar-refractivity contribution in [1.29, 1.82) is 0 Å². The highest BCUT2D eigenvalue weighted by atomic mass is 19.4. The van der Waals surface area contributed by atoms with Gasteiger partial charge in [-0.25, -0.2) is 9.37 Å². The molecule has 0 N–H and O–H groups in total. The first-order valence-electron chi connectivity index (χ1n) is 13.9. The number of hydrogen-bond acceptors (Lipinski definition) is 5. The summed E-state index contributed by atoms with van der Waals surface area (Å²) in [6, 6.07) is 8.41. The number of ether oxygens (including phenoxy) is 1. The molecule has 1 fully saturated rings. The SMILES string of the molecule is C=C(/C=C(\OC)C1(C(F)(F)F)CC1)CC(=O)Cc1ccc(-c2cnc3cc(CCCCC(C)=O)c(C)cc3n2)cc1F. The Labute approximate surface area is 242 Å². The van der Waals surface area contributed by atoms with Crippen molar-refractivity contribution in [3.63, 3.8) is 0 Å². The van der Waals surface area contributed by atoms with E-state index in [2.05, 4.69) is 16.5 Å². The Hall–Kier alpha value is -3.88. The summed E-state index contributed by atoms with van der Waals surface area (Å²) >= 11 is 0. The number of benzene rings is 2. The zero-order valence-electron chi connectivity index (χ0n) is 24.0. The molecule has 0 radical (unpaired) electrons. The first-order valence-corrected chi connectivity index (χ1v) is 13.9. The van der Waals surface area contributed by atoms with Gasteiger partial charge in [-0.2, -0.15) is 13.2 Å². The summed E-state index contributed by atoms with van der Waals surface area (Å²) in [7, 11) is 1.17. The number of halogens is 4. The van der Waals surface area contributed by atoms with Crippen LogP contribution in [0.3, 0.4) is 0 Å². The average Bonchev–Trinajstić information content (AvgIpc) is 3.73. The van der Waals surface area contributed by atoms with Gasteiger partial charge < -0.3 is 9.53 Å². The molecule has 1 saturated carbocycles. The third-order valence-electron chi connectivity index (χ3n) is 7.70. The minimum atomic E-state index is -4.45. The van der Waals surface area contributed by atoms with Crippen molar-refractivity contribution in [2.24, 2.45) is 5.41 Å². The first-order chi connectivity index (χ1) is 19.8. The molecule has 3 aromatic rings. The van der Waals surface area contributed by atoms with Crippen molar-refractivity contribution in [3.8, 4) is 11.3 Å². The Balaban J connectivity index is 1.42. The van der Waals surface area contributed by atoms with Crippen LogP contribution in [0.25, 0.3) is 22.3 Å². The number of unbranched alkanes of at least 4 members (excludes halogenated alkanes) is 1. The number of fused-ring (bicyclic) bond motifs is 1. The molecule has 1 aromatic heterocycles. The molecule has 9 heteroatoms. The number of allylic oxidation sites excluding steroid dienone is 3. The Kier molecular flexibility index (Phi) is 9.28. The number of aryl methyl sites for hydroxylation is 2. The predicted octanol–water partition coefficient (Wildman–Crippen LogP) is 7.98. The molecule has 0 aliphatic heterocycles. The molecule has 1 aliphatic carbocycles. The Morgan fingerprint density at radius 1 is 1.10 bits per heavy atom. The molecule has 0 bridgehead atoms. The Morgan fingerprint density at radius 2 is 1.83 bits per heavy atom. The van der Waals surface area contributed by atoms with E-state index >= 15 is 4.39 Å². The highest BCUT2D eigenvalue weighted by molar-refractivity contribution is 5.84. The first kappa shape index (κ1) is 31.1. The van der Waals surface area contributed by atoms with Gasteiger partial charge in [0.1, 0.15) is 28.6 Å². The molecule has 42 heavy (non-hydrogen) atoms. The lowest BCUT2D eigenvalue weighted by Gasteiger charge is -2.21. The maximum atomic E-state index is 15.0. The van der Waals surface area contributed by atoms with Gasteiger partial charge >= 0.3 is 6.18 Å². The van der Waals surface area contributed by atoms with Crippen LogP contribution in [0.1, 0.15) is 62.1 Å². The van der Waals surface area contributed by atoms with Gasteiger partial charge in [-0.05, 0) is 92.5 Å². The number of methoxy groups -OCH3 is 1. The highest BCUT2D eigenvalue weighted by Crippen LogP contribution is 2.62. The largest absolute Gasteiger partial charge is 0.500 e. The fourth-order valence-electron chi connectivity index (χ4n) is 5.11. The molecule has 0 atom stereocenters. The van der Waals surface area contributed by atoms with Gasteiger partial charge in [-0.1, -0.05) is 18.7 Å². The summed E-state index contributed by atoms with van der Waals surface area (Å²) in [5.74, 6) is -1.04. The van der Waals surface area contributed by atoms with Gasteiger partial charge in [0, 0.05) is 24.8 Å². The number of carbonyl (C=O) groups excluding carboxylic acids is 2. The second kappa shape index (κ2) is 12.5. The lowest BCUT2D eigenvalue weighted by molar-refractivity contribution is -0.184. The van der Waals surface area contributed by atoms with Crippen LogP contribution in [0.2, 0.25) is 0 Å². The molecule has 5 nitrogen and oxygen atoms in total. The number of aromatic nitrogens is 2. The molecular formula is C33H34F4N2O3. The summed E-state index contributed by atoms with van der Waals surface area (Å²) < 4.78 is 60.3. The standard InChI is InChI=1S/C33H34F4N2O3/c1-20(14-31(42-4)32(11-12-32)33(35,36)37)13-26(41)16-24-9-10-25(17-27(24)34)30-19-38-28-18-23(8-6-5-7-22(3)40)21(2)15-29(28)39-30/h9-10,14-15,17-19H,1,5-8,11-13,16H2,2-4H3/b31-14-. The Bertz CT molecular complexity index is 1550. The summed E-state index contributed by atoms with van der Waals surface area (Å²) in [6.07, 6.45) is 0.877. The number of Topliss-reactive ketones (excluding diaryl/α,β-unsaturated/α-hetero) is 2. The maximum absolute atomic E-state index is 15.0. The van der Waals surface area contributed by atoms with Crippen molar-refractivity contribution < 1.29 is 31.9 Å². The van der Waals surface area contributed by atoms with Crippen molar-refractivity contribution in [3.05, 3.63) is 83.0 Å². The fraction of sp³-hybridized carbons (Fsp3) is 0.394. The van der Waals surface area contributed by atoms with E-state index in [0.717, 1.165) is 35.9 Å². The fourth-order valence-corrected chi connectivity index (χ4v) is 5.11. The minimum absolute atomic E-state index is 0.0691. The number of hydrogen-bond donors (Lipinski definition) is 0. The topological polar surface area (TPSA) is 69.2 Å². The van der Waals surface area contributed by atoms with Gasteiger partial charge in [0.05, 0.1) is 30.0 Å². The summed E-state index contributed by atoms with van der Waals surface area (Å²) in [5.41, 5.74) is 2.93. The number of rotatable bonds is 13. The monoisotopic (exact) mass is 582 g/mol. The molecule has 1 aliphatic rings. The van der Waals surface area contributed by atoms with Gasteiger partial charge in [-0.15, -0.1) is 0 Å². The van der Waals surface area contributed by atoms with Crippen LogP contribution in [0.15, 0.2) is 60.5 Å². The summed E-state index contributed by atoms with van der Waals surface area (Å²) in [6.45, 7) is 7.32. The van der Waals surface area contributed by atoms with E-state index in [1.54, 1.807) is 19.2 Å². The number of nitrogens with zero attached hydrogens (tertiary/aromatic N) is 2. The van der Waals surface area contributed by atoms with Crippen molar-refractivity contribution >= 4 is 22.6 Å². The van der Waals surface area contributed by atoms with Crippen LogP contribution < -0.4 is 0 Å². The summed E-state index contributed by atoms with van der Waals surface area (Å²) in [5, 5.41) is 0. The van der Waals surface area contributed by atoms with Crippen LogP contribution in [0, 0.1) is 18.2 Å². The van der Waals surface area contributed by atoms with E-state index in [4.69, 9.17) is 4.74 Å². The molecule has 0 unspecified atom stereocenters. The van der Waals surface area contributed by atoms with Crippen molar-refractivity contribution in [2.75, 3.05) is 7.11 Å². The predicted molar refractivity (Wildman–Crippen MR) is 153 cm³/mol. The van der Waals surface area contributed by atoms with Crippen LogP contribution in [-0.2, 0) is 27.2 Å². The molecule has 222 valence electrons. The molecule has 0 spiro atoms. The van der Waals surface area contributed by atoms with Gasteiger partial charge in [0.25, 0.3) is 0 Å². The number of ketones is 2. The van der Waals surface area contributed by atoms with Crippen molar-refractivity contribution in [2.45, 2.75) is 71.4 Å². The van der Waals surface area contributed by atoms with E-state index in [1.165, 1.54) is 25.3 Å². The number of alkyl halides is 3. The minimum Gasteiger partial charge on any atom is -0.500 e. The Morgan fingerprint density at radius 3 is 2.45 bits per heavy atom.